The maximum absolute atomic E-state index is 12.4. The van der Waals surface area contributed by atoms with E-state index in [1.165, 1.54) is 13.8 Å². The third kappa shape index (κ3) is 4.96. The molecule has 0 bridgehead atoms. The minimum absolute atomic E-state index is 0.221. The number of rotatable bonds is 2. The predicted octanol–water partition coefficient (Wildman–Crippen LogP) is 2.54. The number of fused-ring (bicyclic) bond motifs is 3. The van der Waals surface area contributed by atoms with Crippen LogP contribution in [-0.2, 0) is 33.3 Å². The Labute approximate surface area is 188 Å². The van der Waals surface area contributed by atoms with E-state index in [1.54, 1.807) is 6.92 Å². The Morgan fingerprint density at radius 1 is 1.16 bits per heavy atom. The Bertz CT molecular complexity index is 871. The molecule has 0 aromatic rings. The number of carbonyl (C=O) groups excluding carboxylic acids is 3. The summed E-state index contributed by atoms with van der Waals surface area (Å²) in [5, 5.41) is 10.5. The lowest BCUT2D eigenvalue weighted by Gasteiger charge is -2.28. The van der Waals surface area contributed by atoms with Crippen molar-refractivity contribution in [1.29, 1.82) is 0 Å². The number of carbonyl (C=O) groups is 3. The summed E-state index contributed by atoms with van der Waals surface area (Å²) in [5.74, 6) is -2.11. The van der Waals surface area contributed by atoms with E-state index in [0.717, 1.165) is 11.1 Å². The van der Waals surface area contributed by atoms with Crippen LogP contribution in [0, 0.1) is 5.92 Å². The molecule has 176 valence electrons. The molecule has 3 aliphatic rings. The topological polar surface area (TPSA) is 112 Å². The number of ether oxygens (including phenoxy) is 4. The van der Waals surface area contributed by atoms with Crippen LogP contribution in [0.2, 0.25) is 0 Å². The number of aliphatic hydroxyl groups excluding tert-OH is 1. The highest BCUT2D eigenvalue weighted by atomic mass is 16.7. The van der Waals surface area contributed by atoms with Crippen molar-refractivity contribution in [3.8, 4) is 0 Å². The first-order valence-corrected chi connectivity index (χ1v) is 10.9. The lowest BCUT2D eigenvalue weighted by molar-refractivity contribution is -0.151. The molecule has 8 heteroatoms. The standard InChI is InChI=1S/C24H32O8/c1-12-7-9-17(27)13(2)8-10-19(30-16(5)26)24(6)22(32-24)21-20(14(3)23(28)31-21)18(11-12)29-15(4)25/h7-8,17-22,27H,3,9-11H2,1-2,4-6H3/b12-7-,13-8-/t17-,18+,19-,20+,21-,22-,24-/m0/s1. The van der Waals surface area contributed by atoms with Gasteiger partial charge in [-0.05, 0) is 32.8 Å². The summed E-state index contributed by atoms with van der Waals surface area (Å²) in [4.78, 5) is 36.1. The Balaban J connectivity index is 2.03. The van der Waals surface area contributed by atoms with Crippen molar-refractivity contribution in [3.63, 3.8) is 0 Å². The van der Waals surface area contributed by atoms with E-state index in [4.69, 9.17) is 18.9 Å². The van der Waals surface area contributed by atoms with E-state index in [2.05, 4.69) is 6.58 Å². The highest BCUT2D eigenvalue weighted by Gasteiger charge is 2.67. The fourth-order valence-corrected chi connectivity index (χ4v) is 4.57. The van der Waals surface area contributed by atoms with E-state index in [0.29, 0.717) is 19.3 Å². The molecular formula is C24H32O8. The van der Waals surface area contributed by atoms with Crippen LogP contribution in [0.15, 0.2) is 35.5 Å². The molecule has 0 aromatic heterocycles. The van der Waals surface area contributed by atoms with Gasteiger partial charge < -0.3 is 24.1 Å². The zero-order chi connectivity index (χ0) is 23.8. The summed E-state index contributed by atoms with van der Waals surface area (Å²) in [6.07, 6.45) is 1.45. The van der Waals surface area contributed by atoms with E-state index in [1.807, 2.05) is 26.0 Å². The molecule has 2 fully saturated rings. The van der Waals surface area contributed by atoms with Gasteiger partial charge in [-0.3, -0.25) is 9.59 Å². The molecule has 1 N–H and O–H groups in total. The van der Waals surface area contributed by atoms with Crippen LogP contribution in [0.5, 0.6) is 0 Å². The van der Waals surface area contributed by atoms with Gasteiger partial charge in [0, 0.05) is 32.3 Å². The Hall–Kier alpha value is -2.45. The van der Waals surface area contributed by atoms with Crippen molar-refractivity contribution in [3.05, 3.63) is 35.5 Å². The molecule has 2 heterocycles. The molecule has 0 saturated carbocycles. The normalized spacial score (nSPS) is 40.9. The van der Waals surface area contributed by atoms with Gasteiger partial charge in [0.1, 0.15) is 30.0 Å². The minimum atomic E-state index is -0.906. The second kappa shape index (κ2) is 9.19. The summed E-state index contributed by atoms with van der Waals surface area (Å²) in [7, 11) is 0. The average Bonchev–Trinajstić information content (AvgIpc) is 3.30. The molecule has 0 aromatic carbocycles. The molecule has 0 spiro atoms. The number of hydrogen-bond donors (Lipinski definition) is 1. The molecular weight excluding hydrogens is 416 g/mol. The molecule has 3 rings (SSSR count). The van der Waals surface area contributed by atoms with Gasteiger partial charge in [-0.25, -0.2) is 4.79 Å². The van der Waals surface area contributed by atoms with Gasteiger partial charge in [-0.2, -0.15) is 0 Å². The minimum Gasteiger partial charge on any atom is -0.461 e. The molecule has 2 aliphatic heterocycles. The van der Waals surface area contributed by atoms with Crippen LogP contribution in [0.1, 0.15) is 53.9 Å². The second-order valence-corrected chi connectivity index (χ2v) is 9.08. The van der Waals surface area contributed by atoms with Gasteiger partial charge in [0.25, 0.3) is 0 Å². The SMILES string of the molecule is C=C1C(=O)O[C@H]2[C@H]1[C@H](OC(C)=O)C/C(C)=C\C[C@H](O)/C(C)=C\C[C@H](OC(C)=O)[C@]1(C)O[C@@H]21. The molecule has 7 atom stereocenters. The molecule has 32 heavy (non-hydrogen) atoms. The van der Waals surface area contributed by atoms with Gasteiger partial charge in [0.2, 0.25) is 0 Å². The smallest absolute Gasteiger partial charge is 0.334 e. The van der Waals surface area contributed by atoms with Crippen molar-refractivity contribution in [2.24, 2.45) is 5.92 Å². The van der Waals surface area contributed by atoms with Gasteiger partial charge in [0.15, 0.2) is 0 Å². The number of aliphatic hydroxyl groups is 1. The molecule has 8 nitrogen and oxygen atoms in total. The second-order valence-electron chi connectivity index (χ2n) is 9.08. The lowest BCUT2D eigenvalue weighted by Crippen LogP contribution is -2.41. The van der Waals surface area contributed by atoms with Crippen LogP contribution in [0.4, 0.5) is 0 Å². The third-order valence-electron chi connectivity index (χ3n) is 6.51. The molecule has 0 radical (unpaired) electrons. The zero-order valence-corrected chi connectivity index (χ0v) is 19.3. The molecule has 0 unspecified atom stereocenters. The highest BCUT2D eigenvalue weighted by Crippen LogP contribution is 2.50. The maximum atomic E-state index is 12.4. The summed E-state index contributed by atoms with van der Waals surface area (Å²) < 4.78 is 22.8. The lowest BCUT2D eigenvalue weighted by atomic mass is 9.82. The fourth-order valence-electron chi connectivity index (χ4n) is 4.57. The summed E-state index contributed by atoms with van der Waals surface area (Å²) in [6.45, 7) is 12.0. The van der Waals surface area contributed by atoms with E-state index >= 15 is 0 Å². The van der Waals surface area contributed by atoms with Crippen LogP contribution < -0.4 is 0 Å². The third-order valence-corrected chi connectivity index (χ3v) is 6.51. The zero-order valence-electron chi connectivity index (χ0n) is 19.3. The van der Waals surface area contributed by atoms with Crippen LogP contribution in [0.3, 0.4) is 0 Å². The Morgan fingerprint density at radius 3 is 2.44 bits per heavy atom. The van der Waals surface area contributed by atoms with Crippen molar-refractivity contribution in [1.82, 2.24) is 0 Å². The molecule has 0 amide bonds. The fraction of sp³-hybridized carbons (Fsp3) is 0.625. The average molecular weight is 449 g/mol. The van der Waals surface area contributed by atoms with Crippen LogP contribution >= 0.6 is 0 Å². The predicted molar refractivity (Wildman–Crippen MR) is 114 cm³/mol. The van der Waals surface area contributed by atoms with Crippen LogP contribution in [-0.4, -0.2) is 59.1 Å². The maximum Gasteiger partial charge on any atom is 0.334 e. The quantitative estimate of drug-likeness (QED) is 0.226. The number of hydrogen-bond acceptors (Lipinski definition) is 8. The summed E-state index contributed by atoms with van der Waals surface area (Å²) in [6, 6.07) is 0. The van der Waals surface area contributed by atoms with E-state index in [9.17, 15) is 19.5 Å². The Kier molecular flexibility index (Phi) is 6.95. The number of epoxide rings is 1. The van der Waals surface area contributed by atoms with Crippen molar-refractivity contribution < 1.29 is 38.4 Å². The Morgan fingerprint density at radius 2 is 1.81 bits per heavy atom. The van der Waals surface area contributed by atoms with Gasteiger partial charge in [-0.15, -0.1) is 0 Å². The van der Waals surface area contributed by atoms with Gasteiger partial charge in [-0.1, -0.05) is 24.3 Å². The molecule has 2 saturated heterocycles. The monoisotopic (exact) mass is 448 g/mol. The summed E-state index contributed by atoms with van der Waals surface area (Å²) >= 11 is 0. The molecule has 1 aliphatic carbocycles. The van der Waals surface area contributed by atoms with Crippen LogP contribution in [0.25, 0.3) is 0 Å². The highest BCUT2D eigenvalue weighted by molar-refractivity contribution is 5.91. The van der Waals surface area contributed by atoms with E-state index < -0.39 is 59.9 Å². The van der Waals surface area contributed by atoms with Gasteiger partial charge >= 0.3 is 17.9 Å². The van der Waals surface area contributed by atoms with Crippen molar-refractivity contribution >= 4 is 17.9 Å². The summed E-state index contributed by atoms with van der Waals surface area (Å²) in [5.41, 5.74) is 0.970. The van der Waals surface area contributed by atoms with Gasteiger partial charge in [0.05, 0.1) is 12.0 Å². The van der Waals surface area contributed by atoms with Crippen molar-refractivity contribution in [2.75, 3.05) is 0 Å². The first-order chi connectivity index (χ1) is 14.9. The van der Waals surface area contributed by atoms with Crippen molar-refractivity contribution in [2.45, 2.75) is 90.0 Å². The number of esters is 3. The van der Waals surface area contributed by atoms with E-state index in [-0.39, 0.29) is 5.57 Å². The first kappa shape index (κ1) is 24.2. The first-order valence-electron chi connectivity index (χ1n) is 10.9. The largest absolute Gasteiger partial charge is 0.461 e.